The van der Waals surface area contributed by atoms with E-state index in [9.17, 15) is 9.59 Å². The second kappa shape index (κ2) is 6.95. The molecular weight excluding hydrogens is 344 g/mol. The van der Waals surface area contributed by atoms with E-state index >= 15 is 0 Å². The van der Waals surface area contributed by atoms with Crippen molar-refractivity contribution in [2.24, 2.45) is 0 Å². The van der Waals surface area contributed by atoms with Crippen molar-refractivity contribution in [2.75, 3.05) is 20.8 Å². The molecule has 6 heteroatoms. The van der Waals surface area contributed by atoms with E-state index in [-0.39, 0.29) is 18.0 Å². The van der Waals surface area contributed by atoms with Crippen molar-refractivity contribution in [1.29, 1.82) is 0 Å². The number of carbonyl (C=O) groups excluding carboxylic acids is 2. The minimum atomic E-state index is -0.377. The molecule has 0 radical (unpaired) electrons. The van der Waals surface area contributed by atoms with Crippen LogP contribution in [0.1, 0.15) is 16.7 Å². The lowest BCUT2D eigenvalue weighted by atomic mass is 9.95. The van der Waals surface area contributed by atoms with E-state index in [1.165, 1.54) is 4.90 Å². The van der Waals surface area contributed by atoms with Crippen molar-refractivity contribution in [2.45, 2.75) is 25.4 Å². The maximum atomic E-state index is 12.8. The first-order valence-electron chi connectivity index (χ1n) is 9.02. The zero-order chi connectivity index (χ0) is 19.0. The third-order valence-electron chi connectivity index (χ3n) is 5.35. The molecule has 0 spiro atoms. The van der Waals surface area contributed by atoms with Gasteiger partial charge in [-0.2, -0.15) is 0 Å². The number of ether oxygens (including phenoxy) is 2. The van der Waals surface area contributed by atoms with Gasteiger partial charge >= 0.3 is 6.03 Å². The molecule has 1 saturated heterocycles. The van der Waals surface area contributed by atoms with Crippen molar-refractivity contribution in [3.63, 3.8) is 0 Å². The summed E-state index contributed by atoms with van der Waals surface area (Å²) in [6, 6.07) is 13.1. The topological polar surface area (TPSA) is 59.1 Å². The molecule has 1 atom stereocenters. The fourth-order valence-electron chi connectivity index (χ4n) is 3.86. The van der Waals surface area contributed by atoms with Crippen molar-refractivity contribution in [3.8, 4) is 11.5 Å². The lowest BCUT2D eigenvalue weighted by Crippen LogP contribution is -2.39. The van der Waals surface area contributed by atoms with Crippen LogP contribution >= 0.6 is 0 Å². The second-order valence-electron chi connectivity index (χ2n) is 6.83. The average Bonchev–Trinajstić information content (AvgIpc) is 2.94. The Morgan fingerprint density at radius 3 is 2.48 bits per heavy atom. The number of imide groups is 1. The SMILES string of the molecule is COc1ccc(CCN2C(=O)C3Cc4ccccc4CN3C2=O)cc1OC. The quantitative estimate of drug-likeness (QED) is 0.764. The van der Waals surface area contributed by atoms with E-state index in [0.29, 0.717) is 37.4 Å². The molecule has 6 nitrogen and oxygen atoms in total. The Labute approximate surface area is 158 Å². The summed E-state index contributed by atoms with van der Waals surface area (Å²) in [7, 11) is 3.18. The predicted octanol–water partition coefficient (Wildman–Crippen LogP) is 2.64. The number of rotatable bonds is 5. The Kier molecular flexibility index (Phi) is 4.48. The highest BCUT2D eigenvalue weighted by Crippen LogP contribution is 2.31. The van der Waals surface area contributed by atoms with E-state index in [1.54, 1.807) is 19.1 Å². The highest BCUT2D eigenvalue weighted by Gasteiger charge is 2.46. The number of methoxy groups -OCH3 is 2. The van der Waals surface area contributed by atoms with Crippen LogP contribution in [0, 0.1) is 0 Å². The van der Waals surface area contributed by atoms with Gasteiger partial charge in [-0.25, -0.2) is 4.79 Å². The number of hydrogen-bond acceptors (Lipinski definition) is 4. The molecule has 0 N–H and O–H groups in total. The number of fused-ring (bicyclic) bond motifs is 2. The summed E-state index contributed by atoms with van der Waals surface area (Å²) in [5.74, 6) is 1.20. The van der Waals surface area contributed by atoms with E-state index < -0.39 is 0 Å². The first-order valence-corrected chi connectivity index (χ1v) is 9.02. The van der Waals surface area contributed by atoms with Gasteiger partial charge < -0.3 is 14.4 Å². The molecule has 1 fully saturated rings. The van der Waals surface area contributed by atoms with Crippen LogP contribution in [0.5, 0.6) is 11.5 Å². The third-order valence-corrected chi connectivity index (χ3v) is 5.35. The van der Waals surface area contributed by atoms with Crippen LogP contribution in [0.4, 0.5) is 4.79 Å². The van der Waals surface area contributed by atoms with E-state index in [2.05, 4.69) is 0 Å². The molecule has 2 aromatic rings. The largest absolute Gasteiger partial charge is 0.493 e. The van der Waals surface area contributed by atoms with Gasteiger partial charge in [-0.05, 0) is 35.2 Å². The summed E-state index contributed by atoms with van der Waals surface area (Å²) in [6.07, 6.45) is 1.17. The number of nitrogens with zero attached hydrogens (tertiary/aromatic N) is 2. The lowest BCUT2D eigenvalue weighted by Gasteiger charge is -2.28. The fourth-order valence-corrected chi connectivity index (χ4v) is 3.86. The minimum Gasteiger partial charge on any atom is -0.493 e. The van der Waals surface area contributed by atoms with Gasteiger partial charge in [0.25, 0.3) is 5.91 Å². The molecule has 0 aromatic heterocycles. The molecule has 0 saturated carbocycles. The number of urea groups is 1. The van der Waals surface area contributed by atoms with Gasteiger partial charge in [0.05, 0.1) is 14.2 Å². The third kappa shape index (κ3) is 3.01. The maximum absolute atomic E-state index is 12.8. The number of benzene rings is 2. The van der Waals surface area contributed by atoms with Gasteiger partial charge in [0.2, 0.25) is 0 Å². The molecule has 140 valence electrons. The monoisotopic (exact) mass is 366 g/mol. The molecule has 1 unspecified atom stereocenters. The summed E-state index contributed by atoms with van der Waals surface area (Å²) in [5.41, 5.74) is 3.26. The Morgan fingerprint density at radius 1 is 1.00 bits per heavy atom. The first kappa shape index (κ1) is 17.4. The molecule has 2 aromatic carbocycles. The molecule has 0 bridgehead atoms. The molecule has 2 aliphatic rings. The van der Waals surface area contributed by atoms with Gasteiger partial charge in [-0.15, -0.1) is 0 Å². The van der Waals surface area contributed by atoms with Crippen LogP contribution in [0.3, 0.4) is 0 Å². The maximum Gasteiger partial charge on any atom is 0.327 e. The molecule has 3 amide bonds. The van der Waals surface area contributed by atoms with Crippen molar-refractivity contribution in [3.05, 3.63) is 59.2 Å². The summed E-state index contributed by atoms with van der Waals surface area (Å²) in [6.45, 7) is 0.856. The van der Waals surface area contributed by atoms with Crippen LogP contribution in [-0.4, -0.2) is 48.5 Å². The number of amides is 3. The van der Waals surface area contributed by atoms with Crippen LogP contribution < -0.4 is 9.47 Å². The minimum absolute atomic E-state index is 0.102. The van der Waals surface area contributed by atoms with Crippen molar-refractivity contribution >= 4 is 11.9 Å². The van der Waals surface area contributed by atoms with Gasteiger partial charge in [0.1, 0.15) is 6.04 Å². The normalized spacial score (nSPS) is 18.4. The Morgan fingerprint density at radius 2 is 1.74 bits per heavy atom. The van der Waals surface area contributed by atoms with Gasteiger partial charge in [-0.1, -0.05) is 30.3 Å². The molecule has 2 heterocycles. The van der Waals surface area contributed by atoms with Crippen molar-refractivity contribution < 1.29 is 19.1 Å². The van der Waals surface area contributed by atoms with Crippen LogP contribution in [-0.2, 0) is 24.2 Å². The van der Waals surface area contributed by atoms with Crippen LogP contribution in [0.2, 0.25) is 0 Å². The fraction of sp³-hybridized carbons (Fsp3) is 0.333. The lowest BCUT2D eigenvalue weighted by molar-refractivity contribution is -0.128. The Bertz CT molecular complexity index is 853. The molecule has 0 aliphatic carbocycles. The molecule has 2 aliphatic heterocycles. The van der Waals surface area contributed by atoms with Crippen molar-refractivity contribution in [1.82, 2.24) is 9.80 Å². The predicted molar refractivity (Wildman–Crippen MR) is 99.8 cm³/mol. The van der Waals surface area contributed by atoms with Gasteiger partial charge in [0.15, 0.2) is 11.5 Å². The number of carbonyl (C=O) groups is 2. The number of hydrogen-bond donors (Lipinski definition) is 0. The average molecular weight is 366 g/mol. The summed E-state index contributed by atoms with van der Waals surface area (Å²) in [5, 5.41) is 0. The molecular formula is C21H22N2O4. The second-order valence-corrected chi connectivity index (χ2v) is 6.83. The van der Waals surface area contributed by atoms with E-state index in [4.69, 9.17) is 9.47 Å². The Balaban J connectivity index is 1.48. The van der Waals surface area contributed by atoms with Crippen LogP contribution in [0.25, 0.3) is 0 Å². The zero-order valence-electron chi connectivity index (χ0n) is 15.5. The first-order chi connectivity index (χ1) is 13.1. The molecule has 27 heavy (non-hydrogen) atoms. The van der Waals surface area contributed by atoms with E-state index in [0.717, 1.165) is 16.7 Å². The van der Waals surface area contributed by atoms with Gasteiger partial charge in [-0.3, -0.25) is 9.69 Å². The summed E-state index contributed by atoms with van der Waals surface area (Å²) in [4.78, 5) is 28.7. The highest BCUT2D eigenvalue weighted by atomic mass is 16.5. The summed E-state index contributed by atoms with van der Waals surface area (Å²) >= 11 is 0. The zero-order valence-corrected chi connectivity index (χ0v) is 15.5. The summed E-state index contributed by atoms with van der Waals surface area (Å²) < 4.78 is 10.6. The van der Waals surface area contributed by atoms with E-state index in [1.807, 2.05) is 42.5 Å². The smallest absolute Gasteiger partial charge is 0.327 e. The standard InChI is InChI=1S/C21H22N2O4/c1-26-18-8-7-14(11-19(18)27-2)9-10-22-20(24)17-12-15-5-3-4-6-16(15)13-23(17)21(22)25/h3-8,11,17H,9-10,12-13H2,1-2H3. The highest BCUT2D eigenvalue weighted by molar-refractivity contribution is 6.04. The molecule has 4 rings (SSSR count). The van der Waals surface area contributed by atoms with Gasteiger partial charge in [0, 0.05) is 19.5 Å². The van der Waals surface area contributed by atoms with Crippen LogP contribution in [0.15, 0.2) is 42.5 Å². The Hall–Kier alpha value is -3.02.